The van der Waals surface area contributed by atoms with Crippen LogP contribution in [0, 0.1) is 0 Å². The molecule has 4 heteroatoms. The highest BCUT2D eigenvalue weighted by Crippen LogP contribution is 2.01. The summed E-state index contributed by atoms with van der Waals surface area (Å²) in [5.74, 6) is -1.02. The van der Waals surface area contributed by atoms with Crippen molar-refractivity contribution < 1.29 is 15.0 Å². The first-order valence-electron chi connectivity index (χ1n) is 2.61. The Balaban J connectivity index is 3.71. The molecule has 0 bridgehead atoms. The fourth-order valence-electron chi connectivity index (χ4n) is 0.383. The Morgan fingerprint density at radius 1 is 1.78 bits per heavy atom. The maximum atomic E-state index is 9.97. The summed E-state index contributed by atoms with van der Waals surface area (Å²) in [4.78, 5) is 9.97. The lowest BCUT2D eigenvalue weighted by atomic mass is 10.2. The number of hydrogen-bond donors (Lipinski definition) is 3. The van der Waals surface area contributed by atoms with Crippen molar-refractivity contribution in [3.63, 3.8) is 0 Å². The van der Waals surface area contributed by atoms with E-state index >= 15 is 0 Å². The highest BCUT2D eigenvalue weighted by atomic mass is 16.4. The van der Waals surface area contributed by atoms with Crippen molar-refractivity contribution in [3.8, 4) is 0 Å². The number of nitrogens with one attached hydrogen (secondary N) is 1. The zero-order valence-electron chi connectivity index (χ0n) is 5.51. The van der Waals surface area contributed by atoms with E-state index in [4.69, 9.17) is 10.2 Å². The molecule has 3 N–H and O–H groups in total. The first-order valence-corrected chi connectivity index (χ1v) is 2.61. The van der Waals surface area contributed by atoms with E-state index in [9.17, 15) is 4.79 Å². The van der Waals surface area contributed by atoms with Crippen molar-refractivity contribution in [1.82, 2.24) is 5.32 Å². The van der Waals surface area contributed by atoms with Crippen molar-refractivity contribution >= 4 is 5.97 Å². The Morgan fingerprint density at radius 2 is 2.22 bits per heavy atom. The number of carbonyl (C=O) groups is 1. The van der Waals surface area contributed by atoms with Crippen LogP contribution >= 0.6 is 0 Å². The quantitative estimate of drug-likeness (QED) is 0.449. The first-order chi connectivity index (χ1) is 3.98. The second-order valence-corrected chi connectivity index (χ2v) is 2.09. The molecule has 0 aromatic carbocycles. The predicted molar refractivity (Wildman–Crippen MR) is 31.9 cm³/mol. The normalized spacial score (nSPS) is 16.8. The summed E-state index contributed by atoms with van der Waals surface area (Å²) in [6.45, 7) is 1.40. The SMILES string of the molecule is CNC(C)(O)CC(=O)O. The summed E-state index contributed by atoms with van der Waals surface area (Å²) < 4.78 is 0. The van der Waals surface area contributed by atoms with Crippen LogP contribution in [0.15, 0.2) is 0 Å². The third-order valence-corrected chi connectivity index (χ3v) is 1.03. The van der Waals surface area contributed by atoms with E-state index in [1.807, 2.05) is 0 Å². The second-order valence-electron chi connectivity index (χ2n) is 2.09. The molecule has 54 valence electrons. The third kappa shape index (κ3) is 3.93. The van der Waals surface area contributed by atoms with E-state index in [1.54, 1.807) is 0 Å². The third-order valence-electron chi connectivity index (χ3n) is 1.03. The van der Waals surface area contributed by atoms with Crippen LogP contribution in [0.25, 0.3) is 0 Å². The number of aliphatic hydroxyl groups is 1. The minimum Gasteiger partial charge on any atom is -0.481 e. The predicted octanol–water partition coefficient (Wildman–Crippen LogP) is -0.611. The molecule has 0 spiro atoms. The van der Waals surface area contributed by atoms with Gasteiger partial charge in [-0.3, -0.25) is 10.1 Å². The van der Waals surface area contributed by atoms with Gasteiger partial charge in [0.2, 0.25) is 0 Å². The fraction of sp³-hybridized carbons (Fsp3) is 0.800. The molecule has 0 aliphatic heterocycles. The van der Waals surface area contributed by atoms with Gasteiger partial charge in [-0.15, -0.1) is 0 Å². The molecule has 0 fully saturated rings. The molecule has 4 nitrogen and oxygen atoms in total. The molecule has 0 heterocycles. The standard InChI is InChI=1S/C5H11NO3/c1-5(9,6-2)3-4(7)8/h6,9H,3H2,1-2H3,(H,7,8). The van der Waals surface area contributed by atoms with Crippen LogP contribution in [0.5, 0.6) is 0 Å². The first kappa shape index (κ1) is 8.39. The van der Waals surface area contributed by atoms with E-state index < -0.39 is 11.7 Å². The van der Waals surface area contributed by atoms with Crippen molar-refractivity contribution in [3.05, 3.63) is 0 Å². The zero-order valence-corrected chi connectivity index (χ0v) is 5.51. The van der Waals surface area contributed by atoms with Gasteiger partial charge in [0.25, 0.3) is 0 Å². The van der Waals surface area contributed by atoms with Gasteiger partial charge < -0.3 is 10.2 Å². The smallest absolute Gasteiger partial charge is 0.307 e. The van der Waals surface area contributed by atoms with Gasteiger partial charge in [-0.05, 0) is 14.0 Å². The van der Waals surface area contributed by atoms with Gasteiger partial charge in [0.05, 0.1) is 6.42 Å². The molecule has 0 saturated carbocycles. The molecule has 0 aliphatic carbocycles. The highest BCUT2D eigenvalue weighted by molar-refractivity contribution is 5.67. The van der Waals surface area contributed by atoms with Gasteiger partial charge in [0.1, 0.15) is 5.72 Å². The molecule has 0 aromatic heterocycles. The largest absolute Gasteiger partial charge is 0.481 e. The molecular formula is C5H11NO3. The van der Waals surface area contributed by atoms with Gasteiger partial charge in [-0.2, -0.15) is 0 Å². The average molecular weight is 133 g/mol. The van der Waals surface area contributed by atoms with E-state index in [1.165, 1.54) is 14.0 Å². The van der Waals surface area contributed by atoms with Crippen LogP contribution < -0.4 is 5.32 Å². The summed E-state index contributed by atoms with van der Waals surface area (Å²) in [5, 5.41) is 19.6. The average Bonchev–Trinajstić information content (AvgIpc) is 1.63. The zero-order chi connectivity index (χ0) is 7.49. The molecule has 0 rings (SSSR count). The van der Waals surface area contributed by atoms with Crippen LogP contribution in [0.2, 0.25) is 0 Å². The number of hydrogen-bond acceptors (Lipinski definition) is 3. The van der Waals surface area contributed by atoms with E-state index in [0.29, 0.717) is 0 Å². The van der Waals surface area contributed by atoms with Crippen LogP contribution in [0.1, 0.15) is 13.3 Å². The van der Waals surface area contributed by atoms with E-state index in [2.05, 4.69) is 5.32 Å². The lowest BCUT2D eigenvalue weighted by Gasteiger charge is -2.19. The van der Waals surface area contributed by atoms with E-state index in [-0.39, 0.29) is 6.42 Å². The van der Waals surface area contributed by atoms with Crippen molar-refractivity contribution in [2.45, 2.75) is 19.1 Å². The molecule has 0 saturated heterocycles. The topological polar surface area (TPSA) is 69.6 Å². The van der Waals surface area contributed by atoms with Crippen LogP contribution in [-0.2, 0) is 4.79 Å². The Kier molecular flexibility index (Phi) is 2.61. The molecular weight excluding hydrogens is 122 g/mol. The van der Waals surface area contributed by atoms with Crippen LogP contribution in [0.3, 0.4) is 0 Å². The fourth-order valence-corrected chi connectivity index (χ4v) is 0.383. The van der Waals surface area contributed by atoms with Crippen LogP contribution in [-0.4, -0.2) is 29.0 Å². The maximum absolute atomic E-state index is 9.97. The summed E-state index contributed by atoms with van der Waals surface area (Å²) in [6, 6.07) is 0. The monoisotopic (exact) mass is 133 g/mol. The maximum Gasteiger partial charge on any atom is 0.307 e. The number of aliphatic carboxylic acids is 1. The van der Waals surface area contributed by atoms with Gasteiger partial charge in [-0.25, -0.2) is 0 Å². The molecule has 0 aliphatic rings. The van der Waals surface area contributed by atoms with Gasteiger partial charge >= 0.3 is 5.97 Å². The summed E-state index contributed by atoms with van der Waals surface area (Å²) in [5.41, 5.74) is -1.29. The Hall–Kier alpha value is -0.610. The Morgan fingerprint density at radius 3 is 2.33 bits per heavy atom. The summed E-state index contributed by atoms with van der Waals surface area (Å²) in [7, 11) is 1.50. The molecule has 0 amide bonds. The minimum atomic E-state index is -1.29. The summed E-state index contributed by atoms with van der Waals surface area (Å²) in [6.07, 6.45) is -0.288. The van der Waals surface area contributed by atoms with E-state index in [0.717, 1.165) is 0 Å². The number of carboxylic acids is 1. The lowest BCUT2D eigenvalue weighted by Crippen LogP contribution is -2.41. The number of carboxylic acid groups (broad SMARTS) is 1. The molecule has 9 heavy (non-hydrogen) atoms. The molecule has 1 unspecified atom stereocenters. The minimum absolute atomic E-state index is 0.288. The van der Waals surface area contributed by atoms with Crippen molar-refractivity contribution in [1.29, 1.82) is 0 Å². The highest BCUT2D eigenvalue weighted by Gasteiger charge is 2.20. The molecule has 1 atom stereocenters. The van der Waals surface area contributed by atoms with Crippen molar-refractivity contribution in [2.75, 3.05) is 7.05 Å². The Bertz CT molecular complexity index is 111. The van der Waals surface area contributed by atoms with Crippen LogP contribution in [0.4, 0.5) is 0 Å². The van der Waals surface area contributed by atoms with Gasteiger partial charge in [-0.1, -0.05) is 0 Å². The Labute approximate surface area is 53.5 Å². The van der Waals surface area contributed by atoms with Crippen molar-refractivity contribution in [2.24, 2.45) is 0 Å². The molecule has 0 aromatic rings. The van der Waals surface area contributed by atoms with Gasteiger partial charge in [0.15, 0.2) is 0 Å². The lowest BCUT2D eigenvalue weighted by molar-refractivity contribution is -0.142. The summed E-state index contributed by atoms with van der Waals surface area (Å²) >= 11 is 0. The second kappa shape index (κ2) is 2.80. The number of rotatable bonds is 3. The van der Waals surface area contributed by atoms with Gasteiger partial charge in [0, 0.05) is 0 Å². The molecule has 0 radical (unpaired) electrons.